The van der Waals surface area contributed by atoms with Crippen molar-refractivity contribution in [3.8, 4) is 0 Å². The highest BCUT2D eigenvalue weighted by Gasteiger charge is 2.31. The van der Waals surface area contributed by atoms with Crippen LogP contribution in [-0.4, -0.2) is 16.1 Å². The minimum atomic E-state index is -4.56. The highest BCUT2D eigenvalue weighted by Crippen LogP contribution is 2.31. The molecule has 0 aliphatic heterocycles. The predicted octanol–water partition coefficient (Wildman–Crippen LogP) is 2.03. The summed E-state index contributed by atoms with van der Waals surface area (Å²) in [7, 11) is 0. The van der Waals surface area contributed by atoms with E-state index in [9.17, 15) is 18.0 Å². The molecular formula is C12H10F3N5O. The lowest BCUT2D eigenvalue weighted by atomic mass is 10.1. The number of aromatic nitrogens is 2. The number of amides is 1. The summed E-state index contributed by atoms with van der Waals surface area (Å²) in [4.78, 5) is 12.0. The van der Waals surface area contributed by atoms with Gasteiger partial charge in [-0.05, 0) is 30.3 Å². The molecule has 2 aromatic rings. The minimum Gasteiger partial charge on any atom is -0.323 e. The van der Waals surface area contributed by atoms with Gasteiger partial charge in [0.1, 0.15) is 0 Å². The van der Waals surface area contributed by atoms with E-state index in [1.807, 2.05) is 0 Å². The van der Waals surface area contributed by atoms with Crippen LogP contribution < -0.4 is 16.6 Å². The monoisotopic (exact) mass is 297 g/mol. The quantitative estimate of drug-likeness (QED) is 0.595. The van der Waals surface area contributed by atoms with E-state index >= 15 is 0 Å². The van der Waals surface area contributed by atoms with E-state index in [0.29, 0.717) is 6.07 Å². The van der Waals surface area contributed by atoms with E-state index in [-0.39, 0.29) is 17.1 Å². The maximum atomic E-state index is 12.7. The van der Waals surface area contributed by atoms with Crippen molar-refractivity contribution in [3.63, 3.8) is 0 Å². The number of carbonyl (C=O) groups excluding carboxylic acids is 1. The number of nitrogens with two attached hydrogens (primary N) is 1. The third-order valence-electron chi connectivity index (χ3n) is 2.56. The summed E-state index contributed by atoms with van der Waals surface area (Å²) in [6.45, 7) is 0. The van der Waals surface area contributed by atoms with Crippen molar-refractivity contribution in [1.29, 1.82) is 0 Å². The second-order valence-electron chi connectivity index (χ2n) is 3.97. The second-order valence-corrected chi connectivity index (χ2v) is 3.97. The van der Waals surface area contributed by atoms with Gasteiger partial charge < -0.3 is 10.7 Å². The summed E-state index contributed by atoms with van der Waals surface area (Å²) >= 11 is 0. The van der Waals surface area contributed by atoms with Crippen LogP contribution in [0, 0.1) is 0 Å². The number of halogens is 3. The smallest absolute Gasteiger partial charge is 0.323 e. The third-order valence-corrected chi connectivity index (χ3v) is 2.56. The molecule has 0 atom stereocenters. The molecule has 0 aliphatic rings. The third kappa shape index (κ3) is 3.45. The Hall–Kier alpha value is -2.68. The number of hydrazine groups is 1. The number of nitrogens with zero attached hydrogens (tertiary/aromatic N) is 2. The normalized spacial score (nSPS) is 11.0. The molecule has 0 radical (unpaired) electrons. The summed E-state index contributed by atoms with van der Waals surface area (Å²) in [6, 6.07) is 5.59. The summed E-state index contributed by atoms with van der Waals surface area (Å²) in [6.07, 6.45) is -3.17. The average molecular weight is 297 g/mol. The summed E-state index contributed by atoms with van der Waals surface area (Å²) in [5, 5.41) is 9.50. The molecule has 0 spiro atoms. The van der Waals surface area contributed by atoms with Gasteiger partial charge in [-0.25, -0.2) is 0 Å². The largest absolute Gasteiger partial charge is 0.416 e. The Morgan fingerprint density at radius 2 is 2.00 bits per heavy atom. The zero-order valence-corrected chi connectivity index (χ0v) is 10.5. The van der Waals surface area contributed by atoms with Crippen molar-refractivity contribution in [3.05, 3.63) is 47.7 Å². The van der Waals surface area contributed by atoms with Crippen LogP contribution in [-0.2, 0) is 6.18 Å². The SMILES string of the molecule is NNc1ccc(C(F)(F)F)cc1C(=O)Nc1cccnn1. The van der Waals surface area contributed by atoms with Gasteiger partial charge in [0.25, 0.3) is 5.91 Å². The number of nitrogens with one attached hydrogen (secondary N) is 2. The molecule has 2 rings (SSSR count). The number of hydrogen-bond acceptors (Lipinski definition) is 5. The Morgan fingerprint density at radius 3 is 2.57 bits per heavy atom. The number of hydrogen-bond donors (Lipinski definition) is 3. The van der Waals surface area contributed by atoms with Crippen molar-refractivity contribution in [1.82, 2.24) is 10.2 Å². The fourth-order valence-corrected chi connectivity index (χ4v) is 1.59. The number of anilines is 2. The second kappa shape index (κ2) is 5.75. The minimum absolute atomic E-state index is 0.0596. The molecule has 1 amide bonds. The lowest BCUT2D eigenvalue weighted by molar-refractivity contribution is -0.137. The first-order chi connectivity index (χ1) is 9.91. The first-order valence-corrected chi connectivity index (χ1v) is 5.68. The van der Waals surface area contributed by atoms with Gasteiger partial charge in [-0.3, -0.25) is 10.6 Å². The van der Waals surface area contributed by atoms with Crippen LogP contribution in [0.25, 0.3) is 0 Å². The Balaban J connectivity index is 2.34. The molecule has 21 heavy (non-hydrogen) atoms. The zero-order chi connectivity index (χ0) is 15.5. The Kier molecular flexibility index (Phi) is 4.03. The molecule has 0 saturated heterocycles. The first-order valence-electron chi connectivity index (χ1n) is 5.68. The van der Waals surface area contributed by atoms with E-state index in [4.69, 9.17) is 5.84 Å². The molecule has 0 bridgehead atoms. The summed E-state index contributed by atoms with van der Waals surface area (Å²) in [5.74, 6) is 4.53. The van der Waals surface area contributed by atoms with E-state index in [0.717, 1.165) is 12.1 Å². The van der Waals surface area contributed by atoms with Gasteiger partial charge in [0, 0.05) is 6.20 Å². The van der Waals surface area contributed by atoms with Crippen molar-refractivity contribution in [2.24, 2.45) is 5.84 Å². The fraction of sp³-hybridized carbons (Fsp3) is 0.0833. The number of carbonyl (C=O) groups is 1. The van der Waals surface area contributed by atoms with E-state index < -0.39 is 17.6 Å². The highest BCUT2D eigenvalue weighted by molar-refractivity contribution is 6.07. The van der Waals surface area contributed by atoms with Crippen LogP contribution in [0.5, 0.6) is 0 Å². The molecule has 4 N–H and O–H groups in total. The number of alkyl halides is 3. The van der Waals surface area contributed by atoms with E-state index in [1.165, 1.54) is 18.3 Å². The fourth-order valence-electron chi connectivity index (χ4n) is 1.59. The summed E-state index contributed by atoms with van der Waals surface area (Å²) in [5.41, 5.74) is 1.03. The molecule has 0 fully saturated rings. The summed E-state index contributed by atoms with van der Waals surface area (Å²) < 4.78 is 38.1. The molecule has 110 valence electrons. The van der Waals surface area contributed by atoms with Crippen molar-refractivity contribution < 1.29 is 18.0 Å². The molecule has 6 nitrogen and oxygen atoms in total. The van der Waals surface area contributed by atoms with Crippen molar-refractivity contribution in [2.45, 2.75) is 6.18 Å². The standard InChI is InChI=1S/C12H10F3N5O/c13-12(14,15)7-3-4-9(19-16)8(6-7)11(21)18-10-2-1-5-17-20-10/h1-6,19H,16H2,(H,18,20,21). The molecule has 0 saturated carbocycles. The van der Waals surface area contributed by atoms with Gasteiger partial charge >= 0.3 is 6.18 Å². The van der Waals surface area contributed by atoms with Crippen LogP contribution in [0.1, 0.15) is 15.9 Å². The van der Waals surface area contributed by atoms with Gasteiger partial charge in [0.05, 0.1) is 16.8 Å². The Labute approximate surface area is 117 Å². The molecule has 1 aromatic carbocycles. The molecule has 1 heterocycles. The Morgan fingerprint density at radius 1 is 1.24 bits per heavy atom. The number of rotatable bonds is 3. The van der Waals surface area contributed by atoms with Crippen LogP contribution in [0.4, 0.5) is 24.7 Å². The maximum Gasteiger partial charge on any atom is 0.416 e. The van der Waals surface area contributed by atoms with Crippen LogP contribution in [0.2, 0.25) is 0 Å². The molecule has 0 unspecified atom stereocenters. The van der Waals surface area contributed by atoms with E-state index in [2.05, 4.69) is 20.9 Å². The van der Waals surface area contributed by atoms with Crippen LogP contribution in [0.3, 0.4) is 0 Å². The van der Waals surface area contributed by atoms with Gasteiger partial charge in [-0.1, -0.05) is 0 Å². The topological polar surface area (TPSA) is 92.9 Å². The van der Waals surface area contributed by atoms with Gasteiger partial charge in [-0.2, -0.15) is 18.3 Å². The Bertz CT molecular complexity index is 645. The number of benzene rings is 1. The molecule has 0 aliphatic carbocycles. The van der Waals surface area contributed by atoms with Crippen molar-refractivity contribution in [2.75, 3.05) is 10.7 Å². The zero-order valence-electron chi connectivity index (χ0n) is 10.5. The molecule has 1 aromatic heterocycles. The average Bonchev–Trinajstić information content (AvgIpc) is 2.46. The molecular weight excluding hydrogens is 287 g/mol. The number of nitrogen functional groups attached to an aromatic ring is 1. The van der Waals surface area contributed by atoms with Gasteiger partial charge in [-0.15, -0.1) is 5.10 Å². The van der Waals surface area contributed by atoms with Crippen molar-refractivity contribution >= 4 is 17.4 Å². The highest BCUT2D eigenvalue weighted by atomic mass is 19.4. The lowest BCUT2D eigenvalue weighted by Crippen LogP contribution is -2.19. The maximum absolute atomic E-state index is 12.7. The van der Waals surface area contributed by atoms with Crippen LogP contribution in [0.15, 0.2) is 36.5 Å². The van der Waals surface area contributed by atoms with E-state index in [1.54, 1.807) is 0 Å². The molecule has 9 heteroatoms. The predicted molar refractivity (Wildman–Crippen MR) is 69.2 cm³/mol. The first kappa shape index (κ1) is 14.7. The van der Waals surface area contributed by atoms with Gasteiger partial charge in [0.2, 0.25) is 0 Å². The van der Waals surface area contributed by atoms with Crippen LogP contribution >= 0.6 is 0 Å². The lowest BCUT2D eigenvalue weighted by Gasteiger charge is -2.12. The van der Waals surface area contributed by atoms with Gasteiger partial charge in [0.15, 0.2) is 5.82 Å².